The molecule has 1 aromatic carbocycles. The molecular weight excluding hydrogens is 296 g/mol. The lowest BCUT2D eigenvalue weighted by molar-refractivity contribution is -0.147. The maximum absolute atomic E-state index is 12.2. The highest BCUT2D eigenvalue weighted by Gasteiger charge is 2.29. The molecule has 5 heteroatoms. The van der Waals surface area contributed by atoms with E-state index in [1.807, 2.05) is 0 Å². The monoisotopic (exact) mass is 318 g/mol. The lowest BCUT2D eigenvalue weighted by atomic mass is 9.87. The average molecular weight is 318 g/mol. The van der Waals surface area contributed by atoms with Gasteiger partial charge >= 0.3 is 11.9 Å². The molecule has 0 atom stereocenters. The molecule has 5 nitrogen and oxygen atoms in total. The van der Waals surface area contributed by atoms with Gasteiger partial charge in [0, 0.05) is 6.08 Å². The van der Waals surface area contributed by atoms with Crippen molar-refractivity contribution >= 4 is 11.9 Å². The van der Waals surface area contributed by atoms with Crippen molar-refractivity contribution in [2.75, 3.05) is 7.11 Å². The Labute approximate surface area is 136 Å². The fourth-order valence-corrected chi connectivity index (χ4v) is 2.60. The Balaban J connectivity index is 1.79. The SMILES string of the molecule is C/C=C/C(=O)O[C@H]1CC[C@H](C(=O)Oc2ccc(OC)cc2)CC1. The zero-order valence-electron chi connectivity index (χ0n) is 13.5. The molecule has 0 heterocycles. The van der Waals surface area contributed by atoms with E-state index in [2.05, 4.69) is 0 Å². The van der Waals surface area contributed by atoms with Crippen molar-refractivity contribution in [2.24, 2.45) is 5.92 Å². The van der Waals surface area contributed by atoms with E-state index in [9.17, 15) is 9.59 Å². The van der Waals surface area contributed by atoms with Gasteiger partial charge in [-0.25, -0.2) is 4.79 Å². The van der Waals surface area contributed by atoms with Crippen LogP contribution in [0.2, 0.25) is 0 Å². The molecule has 23 heavy (non-hydrogen) atoms. The lowest BCUT2D eigenvalue weighted by Crippen LogP contribution is -2.29. The van der Waals surface area contributed by atoms with Crippen molar-refractivity contribution < 1.29 is 23.8 Å². The topological polar surface area (TPSA) is 61.8 Å². The molecular formula is C18H22O5. The third kappa shape index (κ3) is 5.13. The highest BCUT2D eigenvalue weighted by atomic mass is 16.5. The number of carbonyl (C=O) groups excluding carboxylic acids is 2. The molecule has 1 aromatic rings. The molecule has 1 saturated carbocycles. The van der Waals surface area contributed by atoms with Crippen LogP contribution in [-0.4, -0.2) is 25.2 Å². The molecule has 0 saturated heterocycles. The Morgan fingerprint density at radius 2 is 1.65 bits per heavy atom. The van der Waals surface area contributed by atoms with Crippen molar-refractivity contribution in [2.45, 2.75) is 38.7 Å². The summed E-state index contributed by atoms with van der Waals surface area (Å²) in [6.45, 7) is 1.77. The summed E-state index contributed by atoms with van der Waals surface area (Å²) in [5.74, 6) is 0.532. The van der Waals surface area contributed by atoms with Gasteiger partial charge in [-0.05, 0) is 56.9 Å². The first kappa shape index (κ1) is 17.1. The van der Waals surface area contributed by atoms with Gasteiger partial charge in [-0.3, -0.25) is 4.79 Å². The average Bonchev–Trinajstić information content (AvgIpc) is 2.56. The van der Waals surface area contributed by atoms with Crippen LogP contribution in [0.25, 0.3) is 0 Å². The van der Waals surface area contributed by atoms with Gasteiger partial charge in [0.2, 0.25) is 0 Å². The Hall–Kier alpha value is -2.30. The number of esters is 2. The second-order valence-electron chi connectivity index (χ2n) is 5.51. The standard InChI is InChI=1S/C18H22O5/c1-3-4-17(19)22-15-7-5-13(6-8-15)18(20)23-16-11-9-14(21-2)10-12-16/h3-4,9-13,15H,5-8H2,1-2H3/b4-3+/t13-,15-. The second kappa shape index (κ2) is 8.36. The maximum atomic E-state index is 12.2. The van der Waals surface area contributed by atoms with Crippen molar-refractivity contribution in [1.82, 2.24) is 0 Å². The zero-order valence-corrected chi connectivity index (χ0v) is 13.5. The minimum atomic E-state index is -0.322. The van der Waals surface area contributed by atoms with Crippen LogP contribution in [0.5, 0.6) is 11.5 Å². The van der Waals surface area contributed by atoms with Crippen LogP contribution in [0.4, 0.5) is 0 Å². The number of allylic oxidation sites excluding steroid dienone is 1. The molecule has 0 spiro atoms. The van der Waals surface area contributed by atoms with Crippen LogP contribution in [0.15, 0.2) is 36.4 Å². The molecule has 0 aromatic heterocycles. The van der Waals surface area contributed by atoms with Gasteiger partial charge in [0.25, 0.3) is 0 Å². The summed E-state index contributed by atoms with van der Waals surface area (Å²) in [6.07, 6.45) is 5.66. The van der Waals surface area contributed by atoms with Crippen LogP contribution in [0.1, 0.15) is 32.6 Å². The van der Waals surface area contributed by atoms with Gasteiger partial charge < -0.3 is 14.2 Å². The van der Waals surface area contributed by atoms with Gasteiger partial charge in [-0.15, -0.1) is 0 Å². The van der Waals surface area contributed by atoms with Crippen LogP contribution in [-0.2, 0) is 14.3 Å². The summed E-state index contributed by atoms with van der Waals surface area (Å²) < 4.78 is 15.8. The highest BCUT2D eigenvalue weighted by Crippen LogP contribution is 2.28. The lowest BCUT2D eigenvalue weighted by Gasteiger charge is -2.26. The number of ether oxygens (including phenoxy) is 3. The maximum Gasteiger partial charge on any atom is 0.330 e. The van der Waals surface area contributed by atoms with Crippen molar-refractivity contribution in [3.05, 3.63) is 36.4 Å². The summed E-state index contributed by atoms with van der Waals surface area (Å²) in [5.41, 5.74) is 0. The number of carbonyl (C=O) groups is 2. The molecule has 1 aliphatic rings. The van der Waals surface area contributed by atoms with Gasteiger partial charge in [-0.1, -0.05) is 6.08 Å². The van der Waals surface area contributed by atoms with E-state index >= 15 is 0 Å². The highest BCUT2D eigenvalue weighted by molar-refractivity contribution is 5.82. The largest absolute Gasteiger partial charge is 0.497 e. The van der Waals surface area contributed by atoms with Crippen LogP contribution < -0.4 is 9.47 Å². The summed E-state index contributed by atoms with van der Waals surface area (Å²) in [7, 11) is 1.59. The number of hydrogen-bond acceptors (Lipinski definition) is 5. The van der Waals surface area contributed by atoms with Crippen LogP contribution in [0.3, 0.4) is 0 Å². The zero-order chi connectivity index (χ0) is 16.7. The summed E-state index contributed by atoms with van der Waals surface area (Å²) in [4.78, 5) is 23.6. The van der Waals surface area contributed by atoms with E-state index in [0.29, 0.717) is 37.2 Å². The Morgan fingerprint density at radius 1 is 1.04 bits per heavy atom. The molecule has 1 fully saturated rings. The quantitative estimate of drug-likeness (QED) is 0.474. The van der Waals surface area contributed by atoms with E-state index < -0.39 is 0 Å². The second-order valence-corrected chi connectivity index (χ2v) is 5.51. The third-order valence-corrected chi connectivity index (χ3v) is 3.87. The summed E-state index contributed by atoms with van der Waals surface area (Å²) in [6, 6.07) is 6.92. The fraction of sp³-hybridized carbons (Fsp3) is 0.444. The molecule has 124 valence electrons. The molecule has 0 N–H and O–H groups in total. The Kier molecular flexibility index (Phi) is 6.20. The number of hydrogen-bond donors (Lipinski definition) is 0. The molecule has 0 aliphatic heterocycles. The first-order chi connectivity index (χ1) is 11.1. The Morgan fingerprint density at radius 3 is 2.22 bits per heavy atom. The molecule has 0 amide bonds. The number of methoxy groups -OCH3 is 1. The predicted octanol–water partition coefficient (Wildman–Crippen LogP) is 3.28. The van der Waals surface area contributed by atoms with Crippen molar-refractivity contribution in [3.63, 3.8) is 0 Å². The number of rotatable bonds is 5. The molecule has 0 bridgehead atoms. The molecule has 2 rings (SSSR count). The van der Waals surface area contributed by atoms with E-state index in [1.165, 1.54) is 6.08 Å². The van der Waals surface area contributed by atoms with Crippen molar-refractivity contribution in [1.29, 1.82) is 0 Å². The molecule has 0 radical (unpaired) electrons. The van der Waals surface area contributed by atoms with Gasteiger partial charge in [0.15, 0.2) is 0 Å². The third-order valence-electron chi connectivity index (χ3n) is 3.87. The summed E-state index contributed by atoms with van der Waals surface area (Å²) >= 11 is 0. The first-order valence-electron chi connectivity index (χ1n) is 7.81. The van der Waals surface area contributed by atoms with E-state index in [1.54, 1.807) is 44.4 Å². The van der Waals surface area contributed by atoms with Crippen molar-refractivity contribution in [3.8, 4) is 11.5 Å². The minimum Gasteiger partial charge on any atom is -0.497 e. The summed E-state index contributed by atoms with van der Waals surface area (Å²) in [5, 5.41) is 0. The van der Waals surface area contributed by atoms with E-state index in [4.69, 9.17) is 14.2 Å². The predicted molar refractivity (Wildman–Crippen MR) is 85.3 cm³/mol. The minimum absolute atomic E-state index is 0.108. The van der Waals surface area contributed by atoms with Crippen LogP contribution in [0, 0.1) is 5.92 Å². The van der Waals surface area contributed by atoms with E-state index in [-0.39, 0.29) is 24.0 Å². The van der Waals surface area contributed by atoms with Gasteiger partial charge in [0.1, 0.15) is 17.6 Å². The normalized spacial score (nSPS) is 21.0. The van der Waals surface area contributed by atoms with Crippen LogP contribution >= 0.6 is 0 Å². The number of benzene rings is 1. The van der Waals surface area contributed by atoms with Gasteiger partial charge in [0.05, 0.1) is 13.0 Å². The first-order valence-corrected chi connectivity index (χ1v) is 7.81. The molecule has 1 aliphatic carbocycles. The smallest absolute Gasteiger partial charge is 0.330 e. The Bertz CT molecular complexity index is 553. The van der Waals surface area contributed by atoms with Gasteiger partial charge in [-0.2, -0.15) is 0 Å². The fourth-order valence-electron chi connectivity index (χ4n) is 2.60. The molecule has 0 unspecified atom stereocenters. The van der Waals surface area contributed by atoms with E-state index in [0.717, 1.165) is 0 Å².